The van der Waals surface area contributed by atoms with Crippen molar-refractivity contribution in [2.24, 2.45) is 0 Å². The second-order valence-corrected chi connectivity index (χ2v) is 13.4. The van der Waals surface area contributed by atoms with Gasteiger partial charge in [0, 0.05) is 29.3 Å². The van der Waals surface area contributed by atoms with Crippen molar-refractivity contribution in [1.82, 2.24) is 0 Å². The van der Waals surface area contributed by atoms with Crippen molar-refractivity contribution in [3.8, 4) is 29.3 Å². The summed E-state index contributed by atoms with van der Waals surface area (Å²) >= 11 is 7.83. The van der Waals surface area contributed by atoms with Gasteiger partial charge in [0.2, 0.25) is 0 Å². The number of hydrogen-bond acceptors (Lipinski definition) is 4. The van der Waals surface area contributed by atoms with Gasteiger partial charge in [0.1, 0.15) is 0 Å². The Balaban J connectivity index is 1.34. The van der Waals surface area contributed by atoms with Gasteiger partial charge >= 0.3 is 0 Å². The molecule has 0 atom stereocenters. The molecule has 4 aromatic rings. The highest BCUT2D eigenvalue weighted by Gasteiger charge is 2.28. The van der Waals surface area contributed by atoms with E-state index in [1.807, 2.05) is 45.3 Å². The lowest BCUT2D eigenvalue weighted by Crippen LogP contribution is -2.11. The molecule has 0 N–H and O–H groups in total. The minimum atomic E-state index is 0.791. The molecule has 0 aromatic carbocycles. The Morgan fingerprint density at radius 3 is 1.81 bits per heavy atom. The maximum absolute atomic E-state index is 2.56. The predicted molar refractivity (Wildman–Crippen MR) is 146 cm³/mol. The van der Waals surface area contributed by atoms with Crippen LogP contribution in [0, 0.1) is 0 Å². The van der Waals surface area contributed by atoms with Gasteiger partial charge < -0.3 is 0 Å². The second kappa shape index (κ2) is 9.58. The summed E-state index contributed by atoms with van der Waals surface area (Å²) in [4.78, 5) is 8.71. The average molecular weight is 495 g/mol. The van der Waals surface area contributed by atoms with Crippen LogP contribution in [0.1, 0.15) is 87.2 Å². The first kappa shape index (κ1) is 21.3. The van der Waals surface area contributed by atoms with E-state index in [2.05, 4.69) is 47.2 Å². The van der Waals surface area contributed by atoms with Crippen LogP contribution in [0.15, 0.2) is 47.2 Å². The molecule has 2 fully saturated rings. The summed E-state index contributed by atoms with van der Waals surface area (Å²) in [6.07, 6.45) is 14.2. The zero-order chi connectivity index (χ0) is 21.3. The highest BCUT2D eigenvalue weighted by Crippen LogP contribution is 2.50. The van der Waals surface area contributed by atoms with Gasteiger partial charge in [-0.05, 0) is 89.7 Å². The Bertz CT molecular complexity index is 1140. The lowest BCUT2D eigenvalue weighted by molar-refractivity contribution is 0.421. The second-order valence-electron chi connectivity index (χ2n) is 9.41. The summed E-state index contributed by atoms with van der Waals surface area (Å²) < 4.78 is 0. The third-order valence-electron chi connectivity index (χ3n) is 7.36. The monoisotopic (exact) mass is 494 g/mol. The zero-order valence-corrected chi connectivity index (χ0v) is 21.7. The van der Waals surface area contributed by atoms with Crippen molar-refractivity contribution >= 4 is 45.3 Å². The molecule has 4 heterocycles. The highest BCUT2D eigenvalue weighted by atomic mass is 32.1. The van der Waals surface area contributed by atoms with E-state index >= 15 is 0 Å². The topological polar surface area (TPSA) is 0 Å². The van der Waals surface area contributed by atoms with Gasteiger partial charge in [-0.15, -0.1) is 45.3 Å². The summed E-state index contributed by atoms with van der Waals surface area (Å²) in [6, 6.07) is 13.8. The van der Waals surface area contributed by atoms with Crippen molar-refractivity contribution in [3.63, 3.8) is 0 Å². The Morgan fingerprint density at radius 1 is 0.562 bits per heavy atom. The molecule has 0 amide bonds. The largest absolute Gasteiger partial charge is 0.143 e. The number of thiophene rings is 4. The summed E-state index contributed by atoms with van der Waals surface area (Å²) in [5, 5.41) is 4.74. The fraction of sp³-hybridized carbons (Fsp3) is 0.429. The molecule has 166 valence electrons. The van der Waals surface area contributed by atoms with Gasteiger partial charge in [0.25, 0.3) is 0 Å². The van der Waals surface area contributed by atoms with Gasteiger partial charge in [0.15, 0.2) is 0 Å². The SMILES string of the molecule is c1csc(-c2ccc(-c3ccc(-c4scc(C5CCCCC5)c4C4CCCCC4)s3)s2)c1. The molecule has 4 heteroatoms. The molecular weight excluding hydrogens is 465 g/mol. The van der Waals surface area contributed by atoms with E-state index in [0.717, 1.165) is 11.8 Å². The first-order valence-electron chi connectivity index (χ1n) is 12.2. The van der Waals surface area contributed by atoms with Crippen LogP contribution in [-0.4, -0.2) is 0 Å². The molecule has 2 aliphatic carbocycles. The average Bonchev–Trinajstić information content (AvgIpc) is 3.64. The Morgan fingerprint density at radius 2 is 1.16 bits per heavy atom. The van der Waals surface area contributed by atoms with Crippen molar-refractivity contribution in [2.75, 3.05) is 0 Å². The van der Waals surface area contributed by atoms with E-state index in [1.54, 1.807) is 16.0 Å². The lowest BCUT2D eigenvalue weighted by atomic mass is 9.77. The van der Waals surface area contributed by atoms with Gasteiger partial charge in [0.05, 0.1) is 0 Å². The van der Waals surface area contributed by atoms with Gasteiger partial charge in [-0.1, -0.05) is 44.6 Å². The van der Waals surface area contributed by atoms with Crippen molar-refractivity contribution < 1.29 is 0 Å². The Hall–Kier alpha value is -1.20. The molecule has 0 bridgehead atoms. The maximum Gasteiger partial charge on any atom is 0.0480 e. The number of rotatable bonds is 5. The summed E-state index contributed by atoms with van der Waals surface area (Å²) in [5.41, 5.74) is 3.50. The smallest absolute Gasteiger partial charge is 0.0480 e. The minimum absolute atomic E-state index is 0.791. The minimum Gasteiger partial charge on any atom is -0.143 e. The van der Waals surface area contributed by atoms with Gasteiger partial charge in [-0.2, -0.15) is 0 Å². The van der Waals surface area contributed by atoms with Gasteiger partial charge in [-0.3, -0.25) is 0 Å². The molecule has 0 radical (unpaired) electrons. The summed E-state index contributed by atoms with van der Waals surface area (Å²) in [5.74, 6) is 1.61. The molecule has 0 spiro atoms. The third-order valence-corrected chi connectivity index (χ3v) is 12.0. The van der Waals surface area contributed by atoms with Crippen LogP contribution < -0.4 is 0 Å². The van der Waals surface area contributed by atoms with E-state index in [4.69, 9.17) is 0 Å². The first-order valence-corrected chi connectivity index (χ1v) is 15.6. The molecule has 2 saturated carbocycles. The van der Waals surface area contributed by atoms with Crippen molar-refractivity contribution in [2.45, 2.75) is 76.0 Å². The molecule has 6 rings (SSSR count). The molecule has 0 saturated heterocycles. The first-order chi connectivity index (χ1) is 15.9. The molecule has 0 nitrogen and oxygen atoms in total. The van der Waals surface area contributed by atoms with Crippen LogP contribution in [-0.2, 0) is 0 Å². The van der Waals surface area contributed by atoms with Crippen LogP contribution in [0.2, 0.25) is 0 Å². The quantitative estimate of drug-likeness (QED) is 0.259. The molecule has 4 aromatic heterocycles. The zero-order valence-electron chi connectivity index (χ0n) is 18.5. The maximum atomic E-state index is 2.56. The van der Waals surface area contributed by atoms with Crippen LogP contribution in [0.5, 0.6) is 0 Å². The van der Waals surface area contributed by atoms with Gasteiger partial charge in [-0.25, -0.2) is 0 Å². The standard InChI is InChI=1S/C28H30S4/c1-3-8-19(9-4-1)21-18-30-28(27(21)20-10-5-2-6-11-20)26-16-15-25(32-26)24-14-13-23(31-24)22-12-7-17-29-22/h7,12-20H,1-6,8-11H2. The van der Waals surface area contributed by atoms with E-state index in [0.29, 0.717) is 0 Å². The molecule has 0 aliphatic heterocycles. The molecule has 32 heavy (non-hydrogen) atoms. The van der Waals surface area contributed by atoms with Crippen molar-refractivity contribution in [1.29, 1.82) is 0 Å². The molecule has 2 aliphatic rings. The predicted octanol–water partition coefficient (Wildman–Crippen LogP) is 11.0. The van der Waals surface area contributed by atoms with E-state index < -0.39 is 0 Å². The number of hydrogen-bond donors (Lipinski definition) is 0. The molecule has 0 unspecified atom stereocenters. The Kier molecular flexibility index (Phi) is 6.39. The molecular formula is C28H30S4. The third kappa shape index (κ3) is 4.20. The van der Waals surface area contributed by atoms with E-state index in [9.17, 15) is 0 Å². The normalized spacial score (nSPS) is 18.4. The van der Waals surface area contributed by atoms with E-state index in [-0.39, 0.29) is 0 Å². The highest BCUT2D eigenvalue weighted by molar-refractivity contribution is 7.28. The summed E-state index contributed by atoms with van der Waals surface area (Å²) in [7, 11) is 0. The van der Waals surface area contributed by atoms with E-state index in [1.165, 1.54) is 88.6 Å². The lowest BCUT2D eigenvalue weighted by Gasteiger charge is -2.28. The van der Waals surface area contributed by atoms with Crippen LogP contribution >= 0.6 is 45.3 Å². The fourth-order valence-corrected chi connectivity index (χ4v) is 10.0. The van der Waals surface area contributed by atoms with Crippen LogP contribution in [0.25, 0.3) is 29.3 Å². The fourth-order valence-electron chi connectivity index (χ4n) is 5.73. The van der Waals surface area contributed by atoms with Crippen LogP contribution in [0.4, 0.5) is 0 Å². The van der Waals surface area contributed by atoms with Crippen LogP contribution in [0.3, 0.4) is 0 Å². The summed E-state index contributed by atoms with van der Waals surface area (Å²) in [6.45, 7) is 0. The van der Waals surface area contributed by atoms with Crippen molar-refractivity contribution in [3.05, 3.63) is 58.3 Å². The Labute approximate surface area is 208 Å².